The molecule has 0 aromatic heterocycles. The highest BCUT2D eigenvalue weighted by atomic mass is 14.4. The molecule has 0 saturated heterocycles. The number of hydrogen-bond donors (Lipinski definition) is 0. The van der Waals surface area contributed by atoms with E-state index in [0.717, 1.165) is 12.8 Å². The smallest absolute Gasteiger partial charge is 0.0731 e. The predicted molar refractivity (Wildman–Crippen MR) is 36.7 cm³/mol. The number of allylic oxidation sites excluding steroid dienone is 2. The highest BCUT2D eigenvalue weighted by Crippen LogP contribution is 2.34. The van der Waals surface area contributed by atoms with Crippen LogP contribution in [0.3, 0.4) is 0 Å². The van der Waals surface area contributed by atoms with Crippen LogP contribution in [0.5, 0.6) is 0 Å². The Hall–Kier alpha value is -0.770. The van der Waals surface area contributed by atoms with Crippen molar-refractivity contribution >= 4 is 0 Å². The van der Waals surface area contributed by atoms with Gasteiger partial charge >= 0.3 is 0 Å². The number of nitriles is 1. The summed E-state index contributed by atoms with van der Waals surface area (Å²) in [7, 11) is 0. The normalized spacial score (nSPS) is 33.7. The Bertz CT molecular complexity index is 185. The van der Waals surface area contributed by atoms with Gasteiger partial charge < -0.3 is 0 Å². The first-order chi connectivity index (χ1) is 4.16. The molecular weight excluding hydrogens is 110 g/mol. The average molecular weight is 121 g/mol. The predicted octanol–water partition coefficient (Wildman–Crippen LogP) is 2.26. The monoisotopic (exact) mass is 121 g/mol. The van der Waals surface area contributed by atoms with Gasteiger partial charge in [0.15, 0.2) is 0 Å². The van der Waals surface area contributed by atoms with Gasteiger partial charge in [-0.2, -0.15) is 5.26 Å². The Kier molecular flexibility index (Phi) is 1.32. The minimum absolute atomic E-state index is 0.149. The summed E-state index contributed by atoms with van der Waals surface area (Å²) in [6.45, 7) is 4.08. The van der Waals surface area contributed by atoms with Crippen molar-refractivity contribution in [2.75, 3.05) is 0 Å². The fourth-order valence-corrected chi connectivity index (χ4v) is 1.23. The van der Waals surface area contributed by atoms with Crippen molar-refractivity contribution in [1.82, 2.24) is 0 Å². The Morgan fingerprint density at radius 2 is 2.44 bits per heavy atom. The van der Waals surface area contributed by atoms with E-state index in [4.69, 9.17) is 5.26 Å². The van der Waals surface area contributed by atoms with Crippen molar-refractivity contribution < 1.29 is 0 Å². The molecule has 1 aliphatic rings. The molecule has 0 radical (unpaired) electrons. The summed E-state index contributed by atoms with van der Waals surface area (Å²) in [5, 5.41) is 8.65. The van der Waals surface area contributed by atoms with Gasteiger partial charge in [-0.15, -0.1) is 0 Å². The molecule has 0 aromatic carbocycles. The average Bonchev–Trinajstić information content (AvgIpc) is 2.13. The molecule has 9 heavy (non-hydrogen) atoms. The quantitative estimate of drug-likeness (QED) is 0.451. The Balaban J connectivity index is 2.79. The van der Waals surface area contributed by atoms with E-state index < -0.39 is 0 Å². The third-order valence-electron chi connectivity index (χ3n) is 1.86. The maximum atomic E-state index is 8.65. The van der Waals surface area contributed by atoms with Gasteiger partial charge in [0, 0.05) is 0 Å². The summed E-state index contributed by atoms with van der Waals surface area (Å²) < 4.78 is 0. The van der Waals surface area contributed by atoms with Crippen LogP contribution in [0, 0.1) is 16.7 Å². The van der Waals surface area contributed by atoms with E-state index >= 15 is 0 Å². The molecule has 1 atom stereocenters. The molecule has 1 nitrogen and oxygen atoms in total. The molecule has 0 amide bonds. The van der Waals surface area contributed by atoms with Crippen LogP contribution in [0.25, 0.3) is 0 Å². The van der Waals surface area contributed by atoms with Gasteiger partial charge in [-0.05, 0) is 26.7 Å². The molecule has 0 fully saturated rings. The summed E-state index contributed by atoms with van der Waals surface area (Å²) in [6.07, 6.45) is 4.19. The van der Waals surface area contributed by atoms with Crippen LogP contribution in [0.4, 0.5) is 0 Å². The summed E-state index contributed by atoms with van der Waals surface area (Å²) >= 11 is 0. The lowest BCUT2D eigenvalue weighted by molar-refractivity contribution is 0.553. The summed E-state index contributed by atoms with van der Waals surface area (Å²) in [5.74, 6) is 0. The zero-order chi connectivity index (χ0) is 6.91. The van der Waals surface area contributed by atoms with Gasteiger partial charge in [0.25, 0.3) is 0 Å². The lowest BCUT2D eigenvalue weighted by Gasteiger charge is -2.07. The third kappa shape index (κ3) is 1.13. The molecule has 0 N–H and O–H groups in total. The first-order valence-electron chi connectivity index (χ1n) is 3.26. The van der Waals surface area contributed by atoms with Crippen LogP contribution in [-0.4, -0.2) is 0 Å². The van der Waals surface area contributed by atoms with Crippen molar-refractivity contribution in [1.29, 1.82) is 5.26 Å². The molecule has 0 bridgehead atoms. The second kappa shape index (κ2) is 1.88. The van der Waals surface area contributed by atoms with Crippen LogP contribution < -0.4 is 0 Å². The molecule has 0 saturated carbocycles. The third-order valence-corrected chi connectivity index (χ3v) is 1.86. The fraction of sp³-hybridized carbons (Fsp3) is 0.625. The van der Waals surface area contributed by atoms with Crippen molar-refractivity contribution in [2.45, 2.75) is 26.7 Å². The summed E-state index contributed by atoms with van der Waals surface area (Å²) in [4.78, 5) is 0. The van der Waals surface area contributed by atoms with Gasteiger partial charge in [-0.1, -0.05) is 11.6 Å². The second-order valence-electron chi connectivity index (χ2n) is 3.02. The van der Waals surface area contributed by atoms with Gasteiger partial charge in [-0.3, -0.25) is 0 Å². The van der Waals surface area contributed by atoms with Gasteiger partial charge in [-0.25, -0.2) is 0 Å². The topological polar surface area (TPSA) is 23.8 Å². The molecule has 0 aliphatic heterocycles. The maximum absolute atomic E-state index is 8.65. The highest BCUT2D eigenvalue weighted by molar-refractivity contribution is 5.21. The van der Waals surface area contributed by atoms with Crippen LogP contribution >= 0.6 is 0 Å². The van der Waals surface area contributed by atoms with E-state index in [9.17, 15) is 0 Å². The van der Waals surface area contributed by atoms with E-state index in [1.54, 1.807) is 0 Å². The first kappa shape index (κ1) is 6.35. The van der Waals surface area contributed by atoms with Crippen molar-refractivity contribution in [3.63, 3.8) is 0 Å². The standard InChI is InChI=1S/C8H11N/c1-7-3-4-8(2,5-7)6-9/h5H,3-4H2,1-2H3. The minimum Gasteiger partial charge on any atom is -0.197 e. The number of rotatable bonds is 0. The van der Waals surface area contributed by atoms with Crippen molar-refractivity contribution in [3.8, 4) is 6.07 Å². The lowest BCUT2D eigenvalue weighted by Crippen LogP contribution is -2.03. The Morgan fingerprint density at radius 1 is 1.78 bits per heavy atom. The number of hydrogen-bond acceptors (Lipinski definition) is 1. The van der Waals surface area contributed by atoms with Crippen LogP contribution in [0.1, 0.15) is 26.7 Å². The van der Waals surface area contributed by atoms with E-state index in [1.165, 1.54) is 5.57 Å². The van der Waals surface area contributed by atoms with E-state index in [0.29, 0.717) is 0 Å². The van der Waals surface area contributed by atoms with Crippen LogP contribution in [0.15, 0.2) is 11.6 Å². The van der Waals surface area contributed by atoms with Gasteiger partial charge in [0.2, 0.25) is 0 Å². The second-order valence-corrected chi connectivity index (χ2v) is 3.02. The van der Waals surface area contributed by atoms with Crippen LogP contribution in [-0.2, 0) is 0 Å². The van der Waals surface area contributed by atoms with E-state index in [1.807, 2.05) is 6.92 Å². The van der Waals surface area contributed by atoms with Crippen LogP contribution in [0.2, 0.25) is 0 Å². The molecule has 0 spiro atoms. The Morgan fingerprint density at radius 3 is 2.67 bits per heavy atom. The largest absolute Gasteiger partial charge is 0.197 e. The molecule has 1 unspecified atom stereocenters. The van der Waals surface area contributed by atoms with E-state index in [-0.39, 0.29) is 5.41 Å². The van der Waals surface area contributed by atoms with Gasteiger partial charge in [0.05, 0.1) is 11.5 Å². The molecular formula is C8H11N. The molecule has 0 aromatic rings. The summed E-state index contributed by atoms with van der Waals surface area (Å²) in [6, 6.07) is 2.29. The van der Waals surface area contributed by atoms with E-state index in [2.05, 4.69) is 19.1 Å². The summed E-state index contributed by atoms with van der Waals surface area (Å²) in [5.41, 5.74) is 1.21. The fourth-order valence-electron chi connectivity index (χ4n) is 1.23. The first-order valence-corrected chi connectivity index (χ1v) is 3.26. The molecule has 48 valence electrons. The maximum Gasteiger partial charge on any atom is 0.0731 e. The minimum atomic E-state index is -0.149. The van der Waals surface area contributed by atoms with Gasteiger partial charge in [0.1, 0.15) is 0 Å². The lowest BCUT2D eigenvalue weighted by atomic mass is 9.93. The molecule has 1 heteroatoms. The molecule has 1 rings (SSSR count). The van der Waals surface area contributed by atoms with Crippen molar-refractivity contribution in [3.05, 3.63) is 11.6 Å². The Labute approximate surface area is 56.0 Å². The number of nitrogens with zero attached hydrogens (tertiary/aromatic N) is 1. The zero-order valence-electron chi connectivity index (χ0n) is 5.94. The SMILES string of the molecule is CC1=CC(C)(C#N)CC1. The highest BCUT2D eigenvalue weighted by Gasteiger charge is 2.25. The zero-order valence-corrected chi connectivity index (χ0v) is 5.94. The van der Waals surface area contributed by atoms with Crippen molar-refractivity contribution in [2.24, 2.45) is 5.41 Å². The molecule has 1 aliphatic carbocycles. The molecule has 0 heterocycles.